The van der Waals surface area contributed by atoms with Gasteiger partial charge in [0, 0.05) is 83.3 Å². The van der Waals surface area contributed by atoms with E-state index < -0.39 is 17.7 Å². The van der Waals surface area contributed by atoms with Gasteiger partial charge in [0.2, 0.25) is 29.5 Å². The first-order valence-corrected chi connectivity index (χ1v) is 17.2. The molecule has 0 aromatic heterocycles. The van der Waals surface area contributed by atoms with Crippen LogP contribution in [0.3, 0.4) is 0 Å². The van der Waals surface area contributed by atoms with Crippen molar-refractivity contribution in [3.8, 4) is 0 Å². The van der Waals surface area contributed by atoms with Crippen LogP contribution in [0.25, 0.3) is 0 Å². The molecule has 1 aromatic carbocycles. The highest BCUT2D eigenvalue weighted by atomic mass is 32.1. The summed E-state index contributed by atoms with van der Waals surface area (Å²) in [4.78, 5) is 59.1. The van der Waals surface area contributed by atoms with E-state index >= 15 is 0 Å². The van der Waals surface area contributed by atoms with Gasteiger partial charge in [-0.25, -0.2) is 15.2 Å². The first kappa shape index (κ1) is 43.0. The third-order valence-electron chi connectivity index (χ3n) is 7.31. The third kappa shape index (κ3) is 22.2. The van der Waals surface area contributed by atoms with Gasteiger partial charge in [0.15, 0.2) is 5.11 Å². The quantitative estimate of drug-likeness (QED) is 0.0241. The summed E-state index contributed by atoms with van der Waals surface area (Å²) in [5.74, 6) is -2.11. The number of hydroxylamine groups is 6. The van der Waals surface area contributed by atoms with Crippen molar-refractivity contribution >= 4 is 58.2 Å². The second-order valence-electron chi connectivity index (χ2n) is 11.6. The van der Waals surface area contributed by atoms with E-state index in [4.69, 9.17) is 18.0 Å². The van der Waals surface area contributed by atoms with Crippen molar-refractivity contribution in [2.45, 2.75) is 90.4 Å². The highest BCUT2D eigenvalue weighted by molar-refractivity contribution is 7.80. The second-order valence-corrected chi connectivity index (χ2v) is 12.0. The Morgan fingerprint density at radius 1 is 0.612 bits per heavy atom. The predicted octanol–water partition coefficient (Wildman–Crippen LogP) is 2.53. The van der Waals surface area contributed by atoms with Gasteiger partial charge >= 0.3 is 0 Å². The van der Waals surface area contributed by atoms with E-state index in [1.54, 1.807) is 12.1 Å². The van der Waals surface area contributed by atoms with Crippen molar-refractivity contribution in [2.75, 3.05) is 50.3 Å². The van der Waals surface area contributed by atoms with Crippen molar-refractivity contribution in [1.29, 1.82) is 0 Å². The maximum absolute atomic E-state index is 12.1. The zero-order valence-corrected chi connectivity index (χ0v) is 29.3. The molecule has 0 spiro atoms. The minimum atomic E-state index is -0.557. The number of anilines is 2. The Bertz CT molecular complexity index is 1170. The summed E-state index contributed by atoms with van der Waals surface area (Å²) >= 11 is 5.25. The van der Waals surface area contributed by atoms with Gasteiger partial charge in [0.25, 0.3) is 0 Å². The lowest BCUT2D eigenvalue weighted by Gasteiger charge is -2.15. The van der Waals surface area contributed by atoms with Gasteiger partial charge in [-0.05, 0) is 94.3 Å². The lowest BCUT2D eigenvalue weighted by Crippen LogP contribution is -2.31. The smallest absolute Gasteiger partial charge is 0.246 e. The number of hydrogen-bond acceptors (Lipinski definition) is 10. The van der Waals surface area contributed by atoms with Crippen LogP contribution < -0.4 is 27.0 Å². The first-order valence-electron chi connectivity index (χ1n) is 16.8. The van der Waals surface area contributed by atoms with Gasteiger partial charge in [0.05, 0.1) is 0 Å². The van der Waals surface area contributed by atoms with Crippen LogP contribution in [0, 0.1) is 0 Å². The molecule has 1 rings (SSSR count). The second kappa shape index (κ2) is 25.9. The Morgan fingerprint density at radius 2 is 1.02 bits per heavy atom. The van der Waals surface area contributed by atoms with E-state index in [0.29, 0.717) is 90.6 Å². The lowest BCUT2D eigenvalue weighted by atomic mass is 10.2. The normalized spacial score (nSPS) is 10.5. The number of thiocarbonyl (C=S) groups is 1. The number of unbranched alkanes of at least 4 members (excludes halogenated alkanes) is 6. The first-order chi connectivity index (χ1) is 23.4. The Balaban J connectivity index is 2.00. The fraction of sp³-hybridized carbons (Fsp3) is 0.625. The van der Waals surface area contributed by atoms with Gasteiger partial charge in [-0.1, -0.05) is 0 Å². The Labute approximate surface area is 293 Å². The SMILES string of the molecule is CC(=O)N(O)CCCCCNC(=O)CCC(=O)N(O)CCCCCNC(=O)CCC(=O)N(O)CCCCCNC(=S)Nc1ccc(N)cc1. The summed E-state index contributed by atoms with van der Waals surface area (Å²) in [5.41, 5.74) is 7.16. The molecule has 0 bridgehead atoms. The van der Waals surface area contributed by atoms with Crippen molar-refractivity contribution in [3.05, 3.63) is 24.3 Å². The molecular weight excluding hydrogens is 656 g/mol. The monoisotopic (exact) mass is 710 g/mol. The molecule has 49 heavy (non-hydrogen) atoms. The highest BCUT2D eigenvalue weighted by Crippen LogP contribution is 2.10. The standard InChI is InChI=1S/C32H54N8O8S/c1-25(41)38(46)22-8-2-5-19-34-28(42)15-17-30(44)39(47)23-9-3-6-20-35-29(43)16-18-31(45)40(48)24-10-4-7-21-36-32(49)37-27-13-11-26(33)12-14-27/h11-14,46-48H,2-10,15-24,33H2,1H3,(H,34,42)(H,35,43)(H2,36,37,49). The topological polar surface area (TPSA) is 230 Å². The van der Waals surface area contributed by atoms with Crippen LogP contribution in [0.1, 0.15) is 90.4 Å². The van der Waals surface area contributed by atoms with Crippen LogP contribution in [0.4, 0.5) is 11.4 Å². The summed E-state index contributed by atoms with van der Waals surface area (Å²) in [6.45, 7) is 3.19. The predicted molar refractivity (Wildman–Crippen MR) is 187 cm³/mol. The van der Waals surface area contributed by atoms with Gasteiger partial charge in [-0.2, -0.15) is 0 Å². The zero-order chi connectivity index (χ0) is 36.4. The van der Waals surface area contributed by atoms with Gasteiger partial charge in [-0.15, -0.1) is 0 Å². The number of carbonyl (C=O) groups is 5. The summed E-state index contributed by atoms with van der Waals surface area (Å²) in [7, 11) is 0. The maximum atomic E-state index is 12.1. The molecule has 0 radical (unpaired) electrons. The van der Waals surface area contributed by atoms with E-state index in [1.165, 1.54) is 6.92 Å². The summed E-state index contributed by atoms with van der Waals surface area (Å²) in [5, 5.41) is 43.1. The van der Waals surface area contributed by atoms with Gasteiger partial charge in [-0.3, -0.25) is 39.6 Å². The molecule has 16 nitrogen and oxygen atoms in total. The number of nitrogens with two attached hydrogens (primary N) is 1. The van der Waals surface area contributed by atoms with Gasteiger partial charge in [0.1, 0.15) is 0 Å². The summed E-state index contributed by atoms with van der Waals surface area (Å²) in [6.07, 6.45) is 5.54. The van der Waals surface area contributed by atoms with Crippen LogP contribution in [0.5, 0.6) is 0 Å². The molecule has 276 valence electrons. The fourth-order valence-corrected chi connectivity index (χ4v) is 4.59. The Morgan fingerprint density at radius 3 is 1.45 bits per heavy atom. The Kier molecular flexibility index (Phi) is 22.7. The molecule has 0 atom stereocenters. The van der Waals surface area contributed by atoms with Crippen LogP contribution in [-0.2, 0) is 24.0 Å². The average molecular weight is 711 g/mol. The van der Waals surface area contributed by atoms with E-state index in [1.807, 2.05) is 12.1 Å². The van der Waals surface area contributed by atoms with Crippen LogP contribution in [-0.4, -0.2) is 105 Å². The van der Waals surface area contributed by atoms with E-state index in [0.717, 1.165) is 18.5 Å². The molecule has 0 saturated heterocycles. The highest BCUT2D eigenvalue weighted by Gasteiger charge is 2.14. The molecule has 0 heterocycles. The molecule has 0 saturated carbocycles. The number of hydrogen-bond donors (Lipinski definition) is 8. The third-order valence-corrected chi connectivity index (χ3v) is 7.56. The number of nitrogens with one attached hydrogen (secondary N) is 4. The minimum Gasteiger partial charge on any atom is -0.399 e. The van der Waals surface area contributed by atoms with Gasteiger partial charge < -0.3 is 27.0 Å². The molecular formula is C32H54N8O8S. The maximum Gasteiger partial charge on any atom is 0.246 e. The Hall–Kier alpha value is -4.06. The molecule has 9 N–H and O–H groups in total. The molecule has 5 amide bonds. The molecule has 0 aliphatic carbocycles. The molecule has 0 aliphatic rings. The molecule has 1 aromatic rings. The number of carbonyl (C=O) groups excluding carboxylic acids is 5. The van der Waals surface area contributed by atoms with E-state index in [9.17, 15) is 39.6 Å². The number of nitrogens with zero attached hydrogens (tertiary/aromatic N) is 3. The molecule has 0 unspecified atom stereocenters. The fourth-order valence-electron chi connectivity index (χ4n) is 4.37. The van der Waals surface area contributed by atoms with Crippen molar-refractivity contribution < 1.29 is 39.6 Å². The van der Waals surface area contributed by atoms with E-state index in [-0.39, 0.29) is 57.1 Å². The van der Waals surface area contributed by atoms with Crippen molar-refractivity contribution in [2.24, 2.45) is 0 Å². The zero-order valence-electron chi connectivity index (χ0n) is 28.5. The van der Waals surface area contributed by atoms with E-state index in [2.05, 4.69) is 21.3 Å². The van der Waals surface area contributed by atoms with Crippen LogP contribution in [0.15, 0.2) is 24.3 Å². The lowest BCUT2D eigenvalue weighted by molar-refractivity contribution is -0.166. The van der Waals surface area contributed by atoms with Crippen LogP contribution in [0.2, 0.25) is 0 Å². The minimum absolute atomic E-state index is 0.0473. The van der Waals surface area contributed by atoms with Crippen molar-refractivity contribution in [3.63, 3.8) is 0 Å². The summed E-state index contributed by atoms with van der Waals surface area (Å²) < 4.78 is 0. The average Bonchev–Trinajstić information content (AvgIpc) is 3.07. The summed E-state index contributed by atoms with van der Waals surface area (Å²) in [6, 6.07) is 7.21. The molecule has 17 heteroatoms. The molecule has 0 aliphatic heterocycles. The number of rotatable bonds is 25. The van der Waals surface area contributed by atoms with Crippen LogP contribution >= 0.6 is 12.2 Å². The van der Waals surface area contributed by atoms with Crippen molar-refractivity contribution in [1.82, 2.24) is 31.1 Å². The number of nitrogen functional groups attached to an aromatic ring is 1. The number of benzene rings is 1. The number of amides is 5. The molecule has 0 fully saturated rings. The largest absolute Gasteiger partial charge is 0.399 e.